The molecule has 5 nitrogen and oxygen atoms in total. The number of sulfone groups is 1. The van der Waals surface area contributed by atoms with Gasteiger partial charge in [-0.1, -0.05) is 48.5 Å². The van der Waals surface area contributed by atoms with Crippen molar-refractivity contribution in [2.45, 2.75) is 23.4 Å². The van der Waals surface area contributed by atoms with Gasteiger partial charge in [0.1, 0.15) is 12.4 Å². The average Bonchev–Trinajstić information content (AvgIpc) is 3.14. The van der Waals surface area contributed by atoms with Gasteiger partial charge in [0.2, 0.25) is 5.91 Å². The summed E-state index contributed by atoms with van der Waals surface area (Å²) >= 11 is 0. The van der Waals surface area contributed by atoms with E-state index in [-0.39, 0.29) is 10.5 Å². The molecule has 1 amide bonds. The number of para-hydroxylation sites is 2. The number of anilines is 1. The molecule has 1 aromatic heterocycles. The minimum Gasteiger partial charge on any atom is -0.337 e. The van der Waals surface area contributed by atoms with E-state index in [9.17, 15) is 30.8 Å². The Morgan fingerprint density at radius 1 is 0.912 bits per heavy atom. The highest BCUT2D eigenvalue weighted by Crippen LogP contribution is 2.35. The van der Waals surface area contributed by atoms with Gasteiger partial charge < -0.3 is 9.88 Å². The van der Waals surface area contributed by atoms with E-state index < -0.39 is 51.3 Å². The average molecular weight is 490 g/mol. The van der Waals surface area contributed by atoms with Gasteiger partial charge in [0.15, 0.2) is 9.84 Å². The molecule has 0 fully saturated rings. The van der Waals surface area contributed by atoms with Crippen molar-refractivity contribution in [2.75, 3.05) is 5.32 Å². The predicted octanol–water partition coefficient (Wildman–Crippen LogP) is 5.41. The molecular weight excluding hydrogens is 472 g/mol. The number of benzene rings is 3. The lowest BCUT2D eigenvalue weighted by atomic mass is 10.1. The number of amides is 1. The normalized spacial score (nSPS) is 12.1. The molecule has 10 heteroatoms. The maximum absolute atomic E-state index is 14.0. The first-order chi connectivity index (χ1) is 16.1. The highest BCUT2D eigenvalue weighted by atomic mass is 32.2. The summed E-state index contributed by atoms with van der Waals surface area (Å²) in [6, 6.07) is 16.5. The van der Waals surface area contributed by atoms with Crippen LogP contribution in [-0.2, 0) is 33.1 Å². The number of carbonyl (C=O) groups is 1. The van der Waals surface area contributed by atoms with E-state index in [0.29, 0.717) is 10.9 Å². The first-order valence-electron chi connectivity index (χ1n) is 10.1. The van der Waals surface area contributed by atoms with E-state index in [0.717, 1.165) is 18.2 Å². The standard InChI is InChI=1S/C24H18F4N2O3S/c25-19-10-4-1-7-16(19)15-34(32,33)22-13-30(21-12-6-2-8-17(21)22)14-23(31)29-20-11-5-3-9-18(20)24(26,27)28/h1-13H,14-15H2,(H,29,31). The second-order valence-corrected chi connectivity index (χ2v) is 9.54. The van der Waals surface area contributed by atoms with Gasteiger partial charge >= 0.3 is 6.18 Å². The van der Waals surface area contributed by atoms with Gasteiger partial charge in [-0.15, -0.1) is 0 Å². The predicted molar refractivity (Wildman–Crippen MR) is 119 cm³/mol. The largest absolute Gasteiger partial charge is 0.418 e. The highest BCUT2D eigenvalue weighted by Gasteiger charge is 2.33. The van der Waals surface area contributed by atoms with Crippen LogP contribution in [0.3, 0.4) is 0 Å². The fraction of sp³-hybridized carbons (Fsp3) is 0.125. The molecule has 0 aliphatic carbocycles. The van der Waals surface area contributed by atoms with Gasteiger partial charge in [-0.2, -0.15) is 13.2 Å². The van der Waals surface area contributed by atoms with Crippen molar-refractivity contribution in [1.82, 2.24) is 4.57 Å². The van der Waals surface area contributed by atoms with Crippen LogP contribution in [0, 0.1) is 5.82 Å². The number of alkyl halides is 3. The van der Waals surface area contributed by atoms with Crippen LogP contribution < -0.4 is 5.32 Å². The zero-order valence-electron chi connectivity index (χ0n) is 17.5. The van der Waals surface area contributed by atoms with Gasteiger partial charge in [-0.25, -0.2) is 12.8 Å². The molecule has 4 aromatic rings. The van der Waals surface area contributed by atoms with Crippen molar-refractivity contribution < 1.29 is 30.8 Å². The second-order valence-electron chi connectivity index (χ2n) is 7.58. The van der Waals surface area contributed by atoms with Crippen LogP contribution in [0.5, 0.6) is 0 Å². The smallest absolute Gasteiger partial charge is 0.337 e. The molecule has 176 valence electrons. The molecule has 1 N–H and O–H groups in total. The summed E-state index contributed by atoms with van der Waals surface area (Å²) in [7, 11) is -4.00. The molecule has 0 spiro atoms. The number of hydrogen-bond acceptors (Lipinski definition) is 3. The summed E-state index contributed by atoms with van der Waals surface area (Å²) in [6.45, 7) is -0.429. The third-order valence-electron chi connectivity index (χ3n) is 5.21. The second kappa shape index (κ2) is 8.94. The summed E-state index contributed by atoms with van der Waals surface area (Å²) in [6.07, 6.45) is -3.41. The molecule has 0 bridgehead atoms. The van der Waals surface area contributed by atoms with Gasteiger partial charge in [0, 0.05) is 22.7 Å². The lowest BCUT2D eigenvalue weighted by Crippen LogP contribution is -2.20. The van der Waals surface area contributed by atoms with Gasteiger partial charge in [0.05, 0.1) is 21.9 Å². The summed E-state index contributed by atoms with van der Waals surface area (Å²) in [5, 5.41) is 2.57. The highest BCUT2D eigenvalue weighted by molar-refractivity contribution is 7.90. The summed E-state index contributed by atoms with van der Waals surface area (Å²) in [5.74, 6) is -2.01. The summed E-state index contributed by atoms with van der Waals surface area (Å²) in [4.78, 5) is 12.5. The zero-order valence-corrected chi connectivity index (χ0v) is 18.3. The van der Waals surface area contributed by atoms with Crippen LogP contribution >= 0.6 is 0 Å². The van der Waals surface area contributed by atoms with Crippen LogP contribution in [-0.4, -0.2) is 18.9 Å². The molecule has 0 unspecified atom stereocenters. The van der Waals surface area contributed by atoms with E-state index in [1.54, 1.807) is 24.3 Å². The molecule has 0 saturated heterocycles. The van der Waals surface area contributed by atoms with Gasteiger partial charge in [-0.05, 0) is 24.3 Å². The zero-order chi connectivity index (χ0) is 24.5. The first-order valence-corrected chi connectivity index (χ1v) is 11.7. The monoisotopic (exact) mass is 490 g/mol. The van der Waals surface area contributed by atoms with Crippen molar-refractivity contribution in [2.24, 2.45) is 0 Å². The van der Waals surface area contributed by atoms with Crippen LogP contribution in [0.4, 0.5) is 23.2 Å². The maximum atomic E-state index is 14.0. The fourth-order valence-electron chi connectivity index (χ4n) is 3.67. The Hall–Kier alpha value is -3.66. The molecule has 0 radical (unpaired) electrons. The fourth-order valence-corrected chi connectivity index (χ4v) is 5.27. The van der Waals surface area contributed by atoms with E-state index >= 15 is 0 Å². The maximum Gasteiger partial charge on any atom is 0.418 e. The molecule has 4 rings (SSSR count). The lowest BCUT2D eigenvalue weighted by Gasteiger charge is -2.14. The first kappa shape index (κ1) is 23.5. The number of nitrogens with zero attached hydrogens (tertiary/aromatic N) is 1. The Bertz CT molecular complexity index is 1480. The minimum atomic E-state index is -4.65. The molecule has 1 heterocycles. The number of hydrogen-bond donors (Lipinski definition) is 1. The SMILES string of the molecule is O=C(Cn1cc(S(=O)(=O)Cc2ccccc2F)c2ccccc21)Nc1ccccc1C(F)(F)F. The summed E-state index contributed by atoms with van der Waals surface area (Å²) in [5.41, 5.74) is -0.993. The number of carbonyl (C=O) groups excluding carboxylic acids is 1. The number of fused-ring (bicyclic) bond motifs is 1. The van der Waals surface area contributed by atoms with Crippen LogP contribution in [0.15, 0.2) is 83.9 Å². The topological polar surface area (TPSA) is 68.2 Å². The molecule has 34 heavy (non-hydrogen) atoms. The molecule has 0 aliphatic rings. The summed E-state index contributed by atoms with van der Waals surface area (Å²) < 4.78 is 81.3. The number of aromatic nitrogens is 1. The molecule has 0 saturated carbocycles. The Labute approximate surface area is 192 Å². The molecular formula is C24H18F4N2O3S. The van der Waals surface area contributed by atoms with E-state index in [1.165, 1.54) is 41.1 Å². The van der Waals surface area contributed by atoms with E-state index in [4.69, 9.17) is 0 Å². The van der Waals surface area contributed by atoms with E-state index in [2.05, 4.69) is 5.32 Å². The molecule has 0 atom stereocenters. The number of rotatable bonds is 6. The van der Waals surface area contributed by atoms with Crippen molar-refractivity contribution in [3.8, 4) is 0 Å². The number of nitrogens with one attached hydrogen (secondary N) is 1. The van der Waals surface area contributed by atoms with Crippen LogP contribution in [0.2, 0.25) is 0 Å². The van der Waals surface area contributed by atoms with Crippen molar-refractivity contribution >= 4 is 32.3 Å². The number of halogens is 4. The van der Waals surface area contributed by atoms with Gasteiger partial charge in [-0.3, -0.25) is 4.79 Å². The van der Waals surface area contributed by atoms with Gasteiger partial charge in [0.25, 0.3) is 0 Å². The Kier molecular flexibility index (Phi) is 6.18. The van der Waals surface area contributed by atoms with Crippen LogP contribution in [0.25, 0.3) is 10.9 Å². The lowest BCUT2D eigenvalue weighted by molar-refractivity contribution is -0.137. The third kappa shape index (κ3) is 4.81. The molecule has 0 aliphatic heterocycles. The Balaban J connectivity index is 1.66. The Morgan fingerprint density at radius 3 is 2.29 bits per heavy atom. The van der Waals surface area contributed by atoms with Crippen molar-refractivity contribution in [3.63, 3.8) is 0 Å². The van der Waals surface area contributed by atoms with E-state index in [1.807, 2.05) is 0 Å². The third-order valence-corrected chi connectivity index (χ3v) is 6.90. The Morgan fingerprint density at radius 2 is 1.56 bits per heavy atom. The van der Waals surface area contributed by atoms with Crippen molar-refractivity contribution in [1.29, 1.82) is 0 Å². The van der Waals surface area contributed by atoms with Crippen molar-refractivity contribution in [3.05, 3.63) is 95.9 Å². The quantitative estimate of drug-likeness (QED) is 0.368. The minimum absolute atomic E-state index is 0.000770. The van der Waals surface area contributed by atoms with Crippen LogP contribution in [0.1, 0.15) is 11.1 Å². The molecule has 3 aromatic carbocycles.